The lowest BCUT2D eigenvalue weighted by Crippen LogP contribution is -2.50. The predicted molar refractivity (Wildman–Crippen MR) is 112 cm³/mol. The molecule has 2 aromatic rings. The molecule has 0 saturated carbocycles. The number of carbonyl (C=O) groups excluding carboxylic acids is 2. The molecule has 8 heteroatoms. The van der Waals surface area contributed by atoms with Crippen molar-refractivity contribution in [3.63, 3.8) is 0 Å². The zero-order valence-corrected chi connectivity index (χ0v) is 17.8. The molecule has 0 fully saturated rings. The summed E-state index contributed by atoms with van der Waals surface area (Å²) in [7, 11) is 1.72. The van der Waals surface area contributed by atoms with E-state index in [2.05, 4.69) is 9.97 Å². The number of aliphatic hydroxyl groups is 1. The SMILES string of the molecule is CC(=O)N(C)C[C@H]1Oc2ncc(-c3cccnc3)cc2C(=O)N([C@H](C)CO)C[C@@H]1C. The van der Waals surface area contributed by atoms with Crippen molar-refractivity contribution in [1.29, 1.82) is 0 Å². The molecule has 0 radical (unpaired) electrons. The molecule has 30 heavy (non-hydrogen) atoms. The average Bonchev–Trinajstić information content (AvgIpc) is 2.75. The molecule has 3 atom stereocenters. The van der Waals surface area contributed by atoms with Crippen LogP contribution >= 0.6 is 0 Å². The maximum Gasteiger partial charge on any atom is 0.259 e. The molecular weight excluding hydrogens is 384 g/mol. The van der Waals surface area contributed by atoms with Gasteiger partial charge < -0.3 is 19.6 Å². The van der Waals surface area contributed by atoms with E-state index < -0.39 is 0 Å². The molecule has 8 nitrogen and oxygen atoms in total. The van der Waals surface area contributed by atoms with E-state index in [-0.39, 0.29) is 42.4 Å². The first-order valence-electron chi connectivity index (χ1n) is 10.0. The van der Waals surface area contributed by atoms with Gasteiger partial charge in [-0.2, -0.15) is 0 Å². The van der Waals surface area contributed by atoms with Gasteiger partial charge in [0.05, 0.1) is 19.2 Å². The minimum Gasteiger partial charge on any atom is -0.472 e. The van der Waals surface area contributed by atoms with Gasteiger partial charge in [0.1, 0.15) is 11.7 Å². The molecular formula is C22H28N4O4. The van der Waals surface area contributed by atoms with E-state index in [1.807, 2.05) is 26.0 Å². The standard InChI is InChI=1S/C22H28N4O4/c1-14-11-26(15(2)13-27)22(29)19-8-18(17-6-5-7-23-9-17)10-24-21(19)30-20(14)12-25(4)16(3)28/h5-10,14-15,20,27H,11-13H2,1-4H3/t14-,15+,20+/m0/s1. The quantitative estimate of drug-likeness (QED) is 0.805. The van der Waals surface area contributed by atoms with Crippen LogP contribution in [0.25, 0.3) is 11.1 Å². The lowest BCUT2D eigenvalue weighted by Gasteiger charge is -2.37. The molecule has 160 valence electrons. The molecule has 0 saturated heterocycles. The highest BCUT2D eigenvalue weighted by molar-refractivity contribution is 5.98. The van der Waals surface area contributed by atoms with Crippen molar-refractivity contribution in [2.45, 2.75) is 32.9 Å². The van der Waals surface area contributed by atoms with Gasteiger partial charge in [-0.05, 0) is 19.1 Å². The summed E-state index contributed by atoms with van der Waals surface area (Å²) in [5, 5.41) is 9.72. The number of pyridine rings is 2. The average molecular weight is 412 g/mol. The molecule has 3 heterocycles. The fraction of sp³-hybridized carbons (Fsp3) is 0.455. The highest BCUT2D eigenvalue weighted by Gasteiger charge is 2.34. The second-order valence-electron chi connectivity index (χ2n) is 7.84. The number of aliphatic hydroxyl groups excluding tert-OH is 1. The maximum absolute atomic E-state index is 13.4. The first-order valence-corrected chi connectivity index (χ1v) is 10.0. The fourth-order valence-corrected chi connectivity index (χ4v) is 3.41. The van der Waals surface area contributed by atoms with Crippen LogP contribution in [0.5, 0.6) is 5.88 Å². The summed E-state index contributed by atoms with van der Waals surface area (Å²) in [6.07, 6.45) is 4.69. The maximum atomic E-state index is 13.4. The minimum absolute atomic E-state index is 0.0652. The van der Waals surface area contributed by atoms with Crippen LogP contribution < -0.4 is 4.74 Å². The van der Waals surface area contributed by atoms with E-state index in [9.17, 15) is 14.7 Å². The summed E-state index contributed by atoms with van der Waals surface area (Å²) in [5.74, 6) is -0.145. The van der Waals surface area contributed by atoms with Gasteiger partial charge in [0.15, 0.2) is 0 Å². The number of aromatic nitrogens is 2. The number of hydrogen-bond donors (Lipinski definition) is 1. The number of carbonyl (C=O) groups is 2. The van der Waals surface area contributed by atoms with Crippen LogP contribution in [0, 0.1) is 5.92 Å². The van der Waals surface area contributed by atoms with Crippen molar-refractivity contribution in [2.24, 2.45) is 5.92 Å². The van der Waals surface area contributed by atoms with Crippen LogP contribution in [0.15, 0.2) is 36.8 Å². The van der Waals surface area contributed by atoms with Crippen molar-refractivity contribution < 1.29 is 19.4 Å². The van der Waals surface area contributed by atoms with Crippen LogP contribution in [0.4, 0.5) is 0 Å². The molecule has 0 spiro atoms. The van der Waals surface area contributed by atoms with Crippen LogP contribution in [0.1, 0.15) is 31.1 Å². The van der Waals surface area contributed by atoms with Gasteiger partial charge in [0, 0.05) is 56.2 Å². The van der Waals surface area contributed by atoms with Crippen molar-refractivity contribution in [3.8, 4) is 17.0 Å². The number of hydrogen-bond acceptors (Lipinski definition) is 6. The Morgan fingerprint density at radius 1 is 1.40 bits per heavy atom. The van der Waals surface area contributed by atoms with Crippen molar-refractivity contribution >= 4 is 11.8 Å². The van der Waals surface area contributed by atoms with E-state index in [0.29, 0.717) is 18.7 Å². The Hall–Kier alpha value is -3.00. The summed E-state index contributed by atoms with van der Waals surface area (Å²) in [4.78, 5) is 36.9. The molecule has 2 amide bonds. The van der Waals surface area contributed by atoms with Gasteiger partial charge in [-0.1, -0.05) is 13.0 Å². The van der Waals surface area contributed by atoms with Gasteiger partial charge in [-0.25, -0.2) is 4.98 Å². The van der Waals surface area contributed by atoms with Crippen molar-refractivity contribution in [3.05, 3.63) is 42.4 Å². The largest absolute Gasteiger partial charge is 0.472 e. The molecule has 1 aliphatic rings. The summed E-state index contributed by atoms with van der Waals surface area (Å²) < 4.78 is 6.16. The molecule has 0 aromatic carbocycles. The fourth-order valence-electron chi connectivity index (χ4n) is 3.41. The first-order chi connectivity index (χ1) is 14.3. The van der Waals surface area contributed by atoms with E-state index >= 15 is 0 Å². The first kappa shape index (κ1) is 21.7. The third-order valence-electron chi connectivity index (χ3n) is 5.51. The third kappa shape index (κ3) is 4.59. The molecule has 0 unspecified atom stereocenters. The topological polar surface area (TPSA) is 95.9 Å². The lowest BCUT2D eigenvalue weighted by molar-refractivity contribution is -0.129. The molecule has 1 N–H and O–H groups in total. The smallest absolute Gasteiger partial charge is 0.259 e. The van der Waals surface area contributed by atoms with Gasteiger partial charge >= 0.3 is 0 Å². The Labute approximate surface area is 176 Å². The second-order valence-corrected chi connectivity index (χ2v) is 7.84. The highest BCUT2D eigenvalue weighted by atomic mass is 16.5. The molecule has 2 aromatic heterocycles. The van der Waals surface area contributed by atoms with Crippen LogP contribution in [0.3, 0.4) is 0 Å². The van der Waals surface area contributed by atoms with Crippen LogP contribution in [0.2, 0.25) is 0 Å². The monoisotopic (exact) mass is 412 g/mol. The Bertz CT molecular complexity index is 905. The molecule has 0 bridgehead atoms. The van der Waals surface area contributed by atoms with Gasteiger partial charge in [0.25, 0.3) is 5.91 Å². The number of ether oxygens (including phenoxy) is 1. The number of fused-ring (bicyclic) bond motifs is 1. The van der Waals surface area contributed by atoms with E-state index in [1.165, 1.54) is 6.92 Å². The zero-order chi connectivity index (χ0) is 21.8. The Balaban J connectivity index is 2.05. The summed E-state index contributed by atoms with van der Waals surface area (Å²) in [6, 6.07) is 5.10. The Morgan fingerprint density at radius 3 is 2.80 bits per heavy atom. The summed E-state index contributed by atoms with van der Waals surface area (Å²) >= 11 is 0. The number of nitrogens with zero attached hydrogens (tertiary/aromatic N) is 4. The number of rotatable bonds is 5. The zero-order valence-electron chi connectivity index (χ0n) is 17.8. The van der Waals surface area contributed by atoms with Crippen LogP contribution in [-0.4, -0.2) is 75.6 Å². The van der Waals surface area contributed by atoms with E-state index in [1.54, 1.807) is 41.5 Å². The normalized spacial score (nSPS) is 19.9. The van der Waals surface area contributed by atoms with Gasteiger partial charge in [0.2, 0.25) is 11.8 Å². The van der Waals surface area contributed by atoms with E-state index in [0.717, 1.165) is 11.1 Å². The Kier molecular flexibility index (Phi) is 6.66. The van der Waals surface area contributed by atoms with Crippen molar-refractivity contribution in [2.75, 3.05) is 26.7 Å². The van der Waals surface area contributed by atoms with Crippen LogP contribution in [-0.2, 0) is 4.79 Å². The number of amides is 2. The third-order valence-corrected chi connectivity index (χ3v) is 5.51. The Morgan fingerprint density at radius 2 is 2.17 bits per heavy atom. The number of likely N-dealkylation sites (N-methyl/N-ethyl adjacent to an activating group) is 1. The van der Waals surface area contributed by atoms with Gasteiger partial charge in [-0.15, -0.1) is 0 Å². The summed E-state index contributed by atoms with van der Waals surface area (Å²) in [5.41, 5.74) is 1.92. The van der Waals surface area contributed by atoms with Gasteiger partial charge in [-0.3, -0.25) is 14.6 Å². The molecule has 3 rings (SSSR count). The molecule has 1 aliphatic heterocycles. The van der Waals surface area contributed by atoms with Crippen molar-refractivity contribution in [1.82, 2.24) is 19.8 Å². The highest BCUT2D eigenvalue weighted by Crippen LogP contribution is 2.30. The predicted octanol–water partition coefficient (Wildman–Crippen LogP) is 1.84. The van der Waals surface area contributed by atoms with E-state index in [4.69, 9.17) is 4.74 Å². The minimum atomic E-state index is -0.362. The summed E-state index contributed by atoms with van der Waals surface area (Å²) in [6.45, 7) is 5.90. The lowest BCUT2D eigenvalue weighted by atomic mass is 9.99. The molecule has 0 aliphatic carbocycles. The second kappa shape index (κ2) is 9.21.